The summed E-state index contributed by atoms with van der Waals surface area (Å²) < 4.78 is 90.9. The maximum Gasteiger partial charge on any atom is 0.455 e. The highest BCUT2D eigenvalue weighted by Crippen LogP contribution is 2.58. The van der Waals surface area contributed by atoms with Gasteiger partial charge in [-0.2, -0.15) is 17.2 Å². The lowest BCUT2D eigenvalue weighted by atomic mass is 9.54. The Labute approximate surface area is 198 Å². The second-order valence-electron chi connectivity index (χ2n) is 12.0. The van der Waals surface area contributed by atoms with Gasteiger partial charge in [-0.15, -0.1) is 0 Å². The molecule has 8 saturated carbocycles. The SMILES string of the molecule is O=C(OC12CC3CC(CC(C3)C1)C2)C(F)(F)S(=O)(=O)NS(=O)(=O)OC1C2CC3CC(C2)CC1C3. The molecule has 192 valence electrons. The minimum atomic E-state index is -5.95. The van der Waals surface area contributed by atoms with Crippen LogP contribution < -0.4 is 4.13 Å². The first-order valence-corrected chi connectivity index (χ1v) is 15.3. The lowest BCUT2D eigenvalue weighted by Gasteiger charge is -2.55. The zero-order chi connectivity index (χ0) is 24.1. The number of hydrogen-bond donors (Lipinski definition) is 1. The van der Waals surface area contributed by atoms with Crippen LogP contribution in [0.4, 0.5) is 8.78 Å². The summed E-state index contributed by atoms with van der Waals surface area (Å²) in [6.45, 7) is 0. The molecule has 0 heterocycles. The number of ether oxygens (including phenoxy) is 1. The summed E-state index contributed by atoms with van der Waals surface area (Å²) in [6.07, 6.45) is 7.87. The first-order valence-electron chi connectivity index (χ1n) is 12.4. The van der Waals surface area contributed by atoms with Gasteiger partial charge in [0.25, 0.3) is 0 Å². The number of esters is 1. The Bertz CT molecular complexity index is 1030. The van der Waals surface area contributed by atoms with Crippen LogP contribution in [0.25, 0.3) is 0 Å². The zero-order valence-electron chi connectivity index (χ0n) is 18.8. The number of halogens is 2. The topological polar surface area (TPSA) is 116 Å². The van der Waals surface area contributed by atoms with Crippen molar-refractivity contribution in [2.75, 3.05) is 0 Å². The molecule has 8 aliphatic rings. The molecule has 0 aliphatic heterocycles. The Morgan fingerprint density at radius 3 is 1.68 bits per heavy atom. The predicted molar refractivity (Wildman–Crippen MR) is 115 cm³/mol. The summed E-state index contributed by atoms with van der Waals surface area (Å²) in [5, 5.41) is -5.06. The molecule has 8 fully saturated rings. The quantitative estimate of drug-likeness (QED) is 0.510. The first-order chi connectivity index (χ1) is 15.8. The van der Waals surface area contributed by atoms with E-state index in [1.807, 2.05) is 0 Å². The van der Waals surface area contributed by atoms with E-state index in [1.54, 1.807) is 0 Å². The average Bonchev–Trinajstić information content (AvgIpc) is 2.68. The minimum Gasteiger partial charge on any atom is -0.454 e. The second kappa shape index (κ2) is 7.58. The molecule has 8 nitrogen and oxygen atoms in total. The number of nitrogens with one attached hydrogen (secondary N) is 1. The largest absolute Gasteiger partial charge is 0.455 e. The summed E-state index contributed by atoms with van der Waals surface area (Å²) in [7, 11) is -11.0. The van der Waals surface area contributed by atoms with Gasteiger partial charge >= 0.3 is 31.6 Å². The van der Waals surface area contributed by atoms with Gasteiger partial charge in [-0.1, -0.05) is 4.13 Å². The number of sulfonamides is 1. The van der Waals surface area contributed by atoms with Crippen molar-refractivity contribution in [1.29, 1.82) is 0 Å². The van der Waals surface area contributed by atoms with Crippen LogP contribution in [-0.4, -0.2) is 39.8 Å². The third-order valence-corrected chi connectivity index (χ3v) is 12.5. The molecule has 8 aliphatic carbocycles. The van der Waals surface area contributed by atoms with E-state index >= 15 is 0 Å². The van der Waals surface area contributed by atoms with Crippen molar-refractivity contribution in [2.24, 2.45) is 41.4 Å². The molecule has 0 saturated heterocycles. The highest BCUT2D eigenvalue weighted by molar-refractivity contribution is 8.03. The van der Waals surface area contributed by atoms with E-state index in [2.05, 4.69) is 0 Å². The Morgan fingerprint density at radius 1 is 0.765 bits per heavy atom. The van der Waals surface area contributed by atoms with Gasteiger partial charge < -0.3 is 4.74 Å². The third kappa shape index (κ3) is 3.91. The van der Waals surface area contributed by atoms with Crippen molar-refractivity contribution in [3.8, 4) is 0 Å². The summed E-state index contributed by atoms with van der Waals surface area (Å²) in [5.41, 5.74) is -1.08. The van der Waals surface area contributed by atoms with Crippen molar-refractivity contribution >= 4 is 26.3 Å². The van der Waals surface area contributed by atoms with Gasteiger partial charge in [-0.05, 0) is 112 Å². The van der Waals surface area contributed by atoms with Crippen LogP contribution in [-0.2, 0) is 34.0 Å². The van der Waals surface area contributed by atoms with Crippen molar-refractivity contribution in [1.82, 2.24) is 4.13 Å². The monoisotopic (exact) mass is 523 g/mol. The fraction of sp³-hybridized carbons (Fsp3) is 0.955. The predicted octanol–water partition coefficient (Wildman–Crippen LogP) is 3.10. The van der Waals surface area contributed by atoms with Crippen LogP contribution in [0.1, 0.15) is 70.6 Å². The lowest BCUT2D eigenvalue weighted by Crippen LogP contribution is -2.57. The molecule has 0 aromatic rings. The molecular weight excluding hydrogens is 492 g/mol. The molecule has 8 bridgehead atoms. The molecule has 0 spiro atoms. The van der Waals surface area contributed by atoms with Gasteiger partial charge in [0.1, 0.15) is 5.60 Å². The van der Waals surface area contributed by atoms with Crippen molar-refractivity contribution in [3.05, 3.63) is 0 Å². The van der Waals surface area contributed by atoms with Crippen LogP contribution in [0.2, 0.25) is 0 Å². The minimum absolute atomic E-state index is 0.0305. The van der Waals surface area contributed by atoms with E-state index in [9.17, 15) is 30.4 Å². The molecule has 8 rings (SSSR count). The van der Waals surface area contributed by atoms with Crippen LogP contribution in [0, 0.1) is 41.4 Å². The Balaban J connectivity index is 1.14. The molecule has 0 radical (unpaired) electrons. The molecule has 0 aromatic heterocycles. The Morgan fingerprint density at radius 2 is 1.21 bits per heavy atom. The summed E-state index contributed by atoms with van der Waals surface area (Å²) in [5.74, 6) is -0.372. The normalized spacial score (nSPS) is 45.0. The number of alkyl halides is 2. The van der Waals surface area contributed by atoms with Gasteiger partial charge in [0.05, 0.1) is 6.10 Å². The number of carbonyl (C=O) groups is 1. The van der Waals surface area contributed by atoms with E-state index in [4.69, 9.17) is 8.92 Å². The number of carbonyl (C=O) groups excluding carboxylic acids is 1. The third-order valence-electron chi connectivity index (χ3n) is 9.46. The van der Waals surface area contributed by atoms with Crippen LogP contribution >= 0.6 is 0 Å². The van der Waals surface area contributed by atoms with Gasteiger partial charge in [-0.3, -0.25) is 4.18 Å². The standard InChI is InChI=1S/C22H31F2NO7S2/c23-22(24,20(26)31-21-9-14-2-15(10-21)4-16(3-14)11-21)33(27,28)25-34(29,30)32-19-17-5-12-1-13(7-17)8-18(19)6-12/h12-19,25H,1-11H2. The van der Waals surface area contributed by atoms with E-state index in [-0.39, 0.29) is 29.6 Å². The second-order valence-corrected chi connectivity index (χ2v) is 15.3. The first kappa shape index (κ1) is 23.5. The maximum atomic E-state index is 14.8. The molecular formula is C22H31F2NO7S2. The summed E-state index contributed by atoms with van der Waals surface area (Å²) in [4.78, 5) is 12.4. The van der Waals surface area contributed by atoms with E-state index in [0.717, 1.165) is 55.5 Å². The van der Waals surface area contributed by atoms with Crippen molar-refractivity contribution in [2.45, 2.75) is 87.6 Å². The van der Waals surface area contributed by atoms with Gasteiger partial charge in [-0.25, -0.2) is 13.2 Å². The van der Waals surface area contributed by atoms with E-state index in [1.165, 1.54) is 0 Å². The molecule has 12 heteroatoms. The van der Waals surface area contributed by atoms with Crippen molar-refractivity contribution < 1.29 is 39.3 Å². The fourth-order valence-corrected chi connectivity index (χ4v) is 11.4. The molecule has 0 aromatic carbocycles. The molecule has 0 atom stereocenters. The fourth-order valence-electron chi connectivity index (χ4n) is 8.91. The highest BCUT2D eigenvalue weighted by atomic mass is 32.3. The molecule has 0 unspecified atom stereocenters. The number of hydrogen-bond acceptors (Lipinski definition) is 7. The van der Waals surface area contributed by atoms with Gasteiger partial charge in [0.15, 0.2) is 0 Å². The summed E-state index contributed by atoms with van der Waals surface area (Å²) in [6, 6.07) is 0. The number of rotatable bonds is 7. The summed E-state index contributed by atoms with van der Waals surface area (Å²) >= 11 is 0. The smallest absolute Gasteiger partial charge is 0.454 e. The van der Waals surface area contributed by atoms with Gasteiger partial charge in [0, 0.05) is 0 Å². The van der Waals surface area contributed by atoms with Crippen LogP contribution in [0.15, 0.2) is 0 Å². The molecule has 0 amide bonds. The zero-order valence-corrected chi connectivity index (χ0v) is 20.5. The average molecular weight is 524 g/mol. The van der Waals surface area contributed by atoms with E-state index in [0.29, 0.717) is 31.1 Å². The van der Waals surface area contributed by atoms with E-state index < -0.39 is 43.3 Å². The van der Waals surface area contributed by atoms with Crippen LogP contribution in [0.3, 0.4) is 0 Å². The van der Waals surface area contributed by atoms with Crippen molar-refractivity contribution in [3.63, 3.8) is 0 Å². The highest BCUT2D eigenvalue weighted by Gasteiger charge is 2.61. The Kier molecular flexibility index (Phi) is 5.25. The lowest BCUT2D eigenvalue weighted by molar-refractivity contribution is -0.201. The Hall–Kier alpha value is -0.850. The molecule has 34 heavy (non-hydrogen) atoms. The van der Waals surface area contributed by atoms with Crippen LogP contribution in [0.5, 0.6) is 0 Å². The van der Waals surface area contributed by atoms with Gasteiger partial charge in [0.2, 0.25) is 0 Å². The molecule has 1 N–H and O–H groups in total. The maximum absolute atomic E-state index is 14.8.